The largest absolute Gasteiger partial charge is 0.478 e. The van der Waals surface area contributed by atoms with Gasteiger partial charge in [0.1, 0.15) is 11.0 Å². The summed E-state index contributed by atoms with van der Waals surface area (Å²) in [5.41, 5.74) is 1.61. The highest BCUT2D eigenvalue weighted by Crippen LogP contribution is 2.37. The Hall–Kier alpha value is -1.91. The number of para-hydroxylation sites is 1. The quantitative estimate of drug-likeness (QED) is 0.912. The topological polar surface area (TPSA) is 68.0 Å². The molecule has 1 aromatic carbocycles. The Labute approximate surface area is 117 Å². The molecule has 0 aliphatic heterocycles. The highest BCUT2D eigenvalue weighted by molar-refractivity contribution is 6.00. The molecule has 1 saturated carbocycles. The van der Waals surface area contributed by atoms with Crippen LogP contribution in [-0.2, 0) is 0 Å². The lowest BCUT2D eigenvalue weighted by Gasteiger charge is -2.32. The molecule has 1 aliphatic rings. The van der Waals surface area contributed by atoms with Crippen molar-refractivity contribution in [1.29, 1.82) is 0 Å². The summed E-state index contributed by atoms with van der Waals surface area (Å²) in [6, 6.07) is 5.41. The van der Waals surface area contributed by atoms with Crippen molar-refractivity contribution in [3.63, 3.8) is 0 Å². The van der Waals surface area contributed by atoms with Crippen molar-refractivity contribution < 1.29 is 9.90 Å². The number of carbonyl (C=O) groups is 1. The second-order valence-electron chi connectivity index (χ2n) is 5.98. The third-order valence-corrected chi connectivity index (χ3v) is 4.42. The van der Waals surface area contributed by atoms with E-state index in [0.717, 1.165) is 25.2 Å². The predicted molar refractivity (Wildman–Crippen MR) is 75.7 cm³/mol. The maximum atomic E-state index is 11.4. The molecule has 2 aromatic rings. The first-order chi connectivity index (χ1) is 9.58. The molecule has 0 radical (unpaired) electrons. The Bertz CT molecular complexity index is 650. The number of aromatic carboxylic acids is 1. The SMILES string of the molecule is CC1CCC(n2nnc3cccc(C(=O)O)c32)C(C)C1. The first kappa shape index (κ1) is 13.1. The smallest absolute Gasteiger partial charge is 0.337 e. The first-order valence-electron chi connectivity index (χ1n) is 7.15. The van der Waals surface area contributed by atoms with Crippen molar-refractivity contribution in [3.8, 4) is 0 Å². The highest BCUT2D eigenvalue weighted by atomic mass is 16.4. The standard InChI is InChI=1S/C15H19N3O2/c1-9-6-7-13(10(2)8-9)18-14-11(15(19)20)4-3-5-12(14)16-17-18/h3-5,9-10,13H,6-8H2,1-2H3,(H,19,20). The van der Waals surface area contributed by atoms with Crippen LogP contribution in [0.4, 0.5) is 0 Å². The molecule has 3 rings (SSSR count). The first-order valence-corrected chi connectivity index (χ1v) is 7.15. The number of nitrogens with zero attached hydrogens (tertiary/aromatic N) is 3. The minimum absolute atomic E-state index is 0.247. The van der Waals surface area contributed by atoms with E-state index in [-0.39, 0.29) is 6.04 Å². The number of benzene rings is 1. The van der Waals surface area contributed by atoms with E-state index in [1.807, 2.05) is 10.7 Å². The fourth-order valence-corrected chi connectivity index (χ4v) is 3.41. The van der Waals surface area contributed by atoms with Gasteiger partial charge in [-0.2, -0.15) is 0 Å². The molecule has 0 saturated heterocycles. The van der Waals surface area contributed by atoms with Gasteiger partial charge in [-0.25, -0.2) is 9.48 Å². The van der Waals surface area contributed by atoms with E-state index >= 15 is 0 Å². The van der Waals surface area contributed by atoms with Crippen LogP contribution in [0.15, 0.2) is 18.2 Å². The summed E-state index contributed by atoms with van der Waals surface area (Å²) in [6.45, 7) is 4.49. The third kappa shape index (κ3) is 2.07. The van der Waals surface area contributed by atoms with Gasteiger partial charge in [0.15, 0.2) is 0 Å². The van der Waals surface area contributed by atoms with E-state index < -0.39 is 5.97 Å². The van der Waals surface area contributed by atoms with Gasteiger partial charge in [-0.1, -0.05) is 25.1 Å². The van der Waals surface area contributed by atoms with E-state index in [9.17, 15) is 9.90 Å². The normalized spacial score (nSPS) is 26.8. The molecule has 1 N–H and O–H groups in total. The van der Waals surface area contributed by atoms with Gasteiger partial charge in [0.2, 0.25) is 0 Å². The number of fused-ring (bicyclic) bond motifs is 1. The molecular weight excluding hydrogens is 254 g/mol. The molecule has 5 heteroatoms. The number of aromatic nitrogens is 3. The zero-order valence-corrected chi connectivity index (χ0v) is 11.8. The van der Waals surface area contributed by atoms with Crippen LogP contribution < -0.4 is 0 Å². The zero-order valence-electron chi connectivity index (χ0n) is 11.8. The minimum Gasteiger partial charge on any atom is -0.478 e. The molecule has 0 bridgehead atoms. The fraction of sp³-hybridized carbons (Fsp3) is 0.533. The van der Waals surface area contributed by atoms with Crippen molar-refractivity contribution >= 4 is 17.0 Å². The van der Waals surface area contributed by atoms with Crippen molar-refractivity contribution in [2.75, 3.05) is 0 Å². The summed E-state index contributed by atoms with van der Waals surface area (Å²) in [5, 5.41) is 17.7. The summed E-state index contributed by atoms with van der Waals surface area (Å²) in [5.74, 6) is 0.302. The van der Waals surface area contributed by atoms with Crippen LogP contribution >= 0.6 is 0 Å². The van der Waals surface area contributed by atoms with E-state index in [2.05, 4.69) is 24.2 Å². The summed E-state index contributed by atoms with van der Waals surface area (Å²) in [4.78, 5) is 11.4. The molecule has 1 aliphatic carbocycles. The summed E-state index contributed by atoms with van der Waals surface area (Å²) in [6.07, 6.45) is 3.35. The summed E-state index contributed by atoms with van der Waals surface area (Å²) < 4.78 is 1.84. The van der Waals surface area contributed by atoms with Crippen LogP contribution in [0.1, 0.15) is 49.5 Å². The molecule has 5 nitrogen and oxygen atoms in total. The molecule has 0 spiro atoms. The summed E-state index contributed by atoms with van der Waals surface area (Å²) >= 11 is 0. The van der Waals surface area contributed by atoms with Crippen molar-refractivity contribution in [3.05, 3.63) is 23.8 Å². The van der Waals surface area contributed by atoms with E-state index in [1.165, 1.54) is 0 Å². The molecule has 1 fully saturated rings. The summed E-state index contributed by atoms with van der Waals surface area (Å²) in [7, 11) is 0. The highest BCUT2D eigenvalue weighted by Gasteiger charge is 2.29. The number of hydrogen-bond donors (Lipinski definition) is 1. The predicted octanol–water partition coefficient (Wildman–Crippen LogP) is 3.13. The average Bonchev–Trinajstić information content (AvgIpc) is 2.82. The monoisotopic (exact) mass is 273 g/mol. The molecule has 1 aromatic heterocycles. The van der Waals surface area contributed by atoms with E-state index in [0.29, 0.717) is 22.5 Å². The van der Waals surface area contributed by atoms with Gasteiger partial charge in [-0.3, -0.25) is 0 Å². The van der Waals surface area contributed by atoms with Gasteiger partial charge in [0, 0.05) is 0 Å². The zero-order chi connectivity index (χ0) is 14.3. The van der Waals surface area contributed by atoms with Crippen molar-refractivity contribution in [1.82, 2.24) is 15.0 Å². The molecule has 106 valence electrons. The van der Waals surface area contributed by atoms with Crippen LogP contribution in [0.2, 0.25) is 0 Å². The Morgan fingerprint density at radius 2 is 2.15 bits per heavy atom. The Kier molecular flexibility index (Phi) is 3.20. The van der Waals surface area contributed by atoms with Gasteiger partial charge in [0.05, 0.1) is 11.6 Å². The molecule has 0 amide bonds. The second-order valence-corrected chi connectivity index (χ2v) is 5.98. The van der Waals surface area contributed by atoms with Gasteiger partial charge in [0.25, 0.3) is 0 Å². The maximum Gasteiger partial charge on any atom is 0.337 e. The van der Waals surface area contributed by atoms with Gasteiger partial charge in [-0.05, 0) is 43.2 Å². The number of carboxylic acid groups (broad SMARTS) is 1. The Morgan fingerprint density at radius 3 is 2.85 bits per heavy atom. The Morgan fingerprint density at radius 1 is 1.35 bits per heavy atom. The molecule has 3 unspecified atom stereocenters. The van der Waals surface area contributed by atoms with Gasteiger partial charge >= 0.3 is 5.97 Å². The molecule has 1 heterocycles. The third-order valence-electron chi connectivity index (χ3n) is 4.42. The van der Waals surface area contributed by atoms with Crippen molar-refractivity contribution in [2.45, 2.75) is 39.2 Å². The van der Waals surface area contributed by atoms with Crippen LogP contribution in [0.5, 0.6) is 0 Å². The van der Waals surface area contributed by atoms with Crippen LogP contribution in [0, 0.1) is 11.8 Å². The maximum absolute atomic E-state index is 11.4. The van der Waals surface area contributed by atoms with Gasteiger partial charge < -0.3 is 5.11 Å². The fourth-order valence-electron chi connectivity index (χ4n) is 3.41. The van der Waals surface area contributed by atoms with Crippen LogP contribution in [-0.4, -0.2) is 26.1 Å². The number of carboxylic acids is 1. The molecular formula is C15H19N3O2. The van der Waals surface area contributed by atoms with Crippen molar-refractivity contribution in [2.24, 2.45) is 11.8 Å². The molecule has 20 heavy (non-hydrogen) atoms. The average molecular weight is 273 g/mol. The van der Waals surface area contributed by atoms with Crippen LogP contribution in [0.3, 0.4) is 0 Å². The van der Waals surface area contributed by atoms with E-state index in [1.54, 1.807) is 12.1 Å². The second kappa shape index (κ2) is 4.89. The number of hydrogen-bond acceptors (Lipinski definition) is 3. The molecule has 3 atom stereocenters. The van der Waals surface area contributed by atoms with E-state index in [4.69, 9.17) is 0 Å². The Balaban J connectivity index is 2.10. The lowest BCUT2D eigenvalue weighted by Crippen LogP contribution is -2.26. The lowest BCUT2D eigenvalue weighted by atomic mass is 9.80. The van der Waals surface area contributed by atoms with Gasteiger partial charge in [-0.15, -0.1) is 5.10 Å². The number of rotatable bonds is 2. The lowest BCUT2D eigenvalue weighted by molar-refractivity contribution is 0.0698. The minimum atomic E-state index is -0.920. The van der Waals surface area contributed by atoms with Crippen LogP contribution in [0.25, 0.3) is 11.0 Å².